The zero-order chi connectivity index (χ0) is 72.3. The molecule has 248 valence electrons. The second-order valence-electron chi connectivity index (χ2n) is 10.1. The first-order chi connectivity index (χ1) is 42.2. The molecule has 50 heavy (non-hydrogen) atoms. The molecule has 2 aliphatic rings. The molecule has 0 amide bonds. The standard InChI is InChI=1S/C45H44N4Si/c1-5-18-33(19-6-1)43-46-44(48-45(47-43)49-41-30-15-13-28-39(41)40-29-14-16-31-42(40)49)34-20-17-27-38(32-34)50(35-21-7-2-8-22-35,36-23-9-3-10-24-36)37-25-11-4-12-26-37/h1-2,5-8,13-22,27-32,36-37H,3-4,9-12,23-26H2/i1D,2D,3D2,4D2,5D,6D,7D,8D,9D2,10D2,11D2,12D2,13D,14D,15D,16D,17D,18D,19D,20D,21D,22D,23D2,24D2,25D2,26D2,27D,28D,29D,30D,31D,32D,36D,37D. The van der Waals surface area contributed by atoms with Gasteiger partial charge in [-0.3, -0.25) is 4.57 Å². The predicted octanol–water partition coefficient (Wildman–Crippen LogP) is 10.5. The molecule has 0 bridgehead atoms. The van der Waals surface area contributed by atoms with Crippen LogP contribution in [-0.4, -0.2) is 27.6 Å². The fourth-order valence-corrected chi connectivity index (χ4v) is 8.94. The van der Waals surface area contributed by atoms with Crippen LogP contribution in [0.2, 0.25) is 11.0 Å². The van der Waals surface area contributed by atoms with Gasteiger partial charge in [0.15, 0.2) is 11.6 Å². The summed E-state index contributed by atoms with van der Waals surface area (Å²) >= 11 is 0. The lowest BCUT2D eigenvalue weighted by Crippen LogP contribution is -2.65. The zero-order valence-electron chi connectivity index (χ0n) is 68.8. The van der Waals surface area contributed by atoms with E-state index in [2.05, 4.69) is 15.0 Å². The first kappa shape index (κ1) is 9.31. The Kier molecular flexibility index (Phi) is 2.50. The maximum Gasteiger partial charge on any atom is 0.238 e. The van der Waals surface area contributed by atoms with Crippen LogP contribution in [0.15, 0.2) is 133 Å². The van der Waals surface area contributed by atoms with E-state index in [1.165, 1.54) is 0 Å². The molecule has 0 atom stereocenters. The van der Waals surface area contributed by atoms with Gasteiger partial charge in [-0.05, 0) is 23.1 Å². The minimum absolute atomic E-state index is 0.425. The summed E-state index contributed by atoms with van der Waals surface area (Å²) in [6, 6.07) is -32.6. The lowest BCUT2D eigenvalue weighted by molar-refractivity contribution is 0.459. The lowest BCUT2D eigenvalue weighted by Gasteiger charge is -2.48. The van der Waals surface area contributed by atoms with Crippen LogP contribution in [0.1, 0.15) is 124 Å². The van der Waals surface area contributed by atoms with Gasteiger partial charge in [0.05, 0.1) is 41.2 Å². The number of benzene rings is 5. The summed E-state index contributed by atoms with van der Waals surface area (Å²) in [6.45, 7) is 0. The predicted molar refractivity (Wildman–Crippen MR) is 210 cm³/mol. The number of para-hydroxylation sites is 2. The summed E-state index contributed by atoms with van der Waals surface area (Å²) < 4.78 is 409. The second-order valence-corrected chi connectivity index (χ2v) is 13.6. The van der Waals surface area contributed by atoms with Gasteiger partial charge in [0.2, 0.25) is 5.95 Å². The second kappa shape index (κ2) is 13.4. The van der Waals surface area contributed by atoms with E-state index >= 15 is 0 Å². The molecule has 0 N–H and O–H groups in total. The van der Waals surface area contributed by atoms with Crippen molar-refractivity contribution in [3.8, 4) is 28.7 Å². The number of hydrogen-bond donors (Lipinski definition) is 0. The van der Waals surface area contributed by atoms with E-state index in [1.54, 1.807) is 0 Å². The van der Waals surface area contributed by atoms with Gasteiger partial charge in [-0.2, -0.15) is 9.97 Å². The first-order valence-corrected chi connectivity index (χ1v) is 16.3. The Labute approximate surface area is 358 Å². The number of aromatic nitrogens is 4. The van der Waals surface area contributed by atoms with E-state index in [-0.39, 0.29) is 0 Å². The molecule has 2 heterocycles. The Morgan fingerprint density at radius 1 is 0.520 bits per heavy atom. The molecular weight excluding hydrogens is 625 g/mol. The van der Waals surface area contributed by atoms with Crippen molar-refractivity contribution in [2.45, 2.75) is 74.8 Å². The molecule has 0 unspecified atom stereocenters. The fraction of sp³-hybridized carbons (Fsp3) is 0.267. The van der Waals surface area contributed by atoms with Crippen LogP contribution >= 0.6 is 0 Å². The van der Waals surface area contributed by atoms with Crippen LogP contribution in [0.4, 0.5) is 0 Å². The molecular formula is C45H44N4Si. The molecule has 9 rings (SSSR count). The average Bonchev–Trinajstić information content (AvgIpc) is 0.692. The Hall–Kier alpha value is -4.87. The van der Waals surface area contributed by atoms with Crippen molar-refractivity contribution in [2.75, 3.05) is 0 Å². The van der Waals surface area contributed by atoms with E-state index in [0.29, 0.717) is 4.57 Å². The van der Waals surface area contributed by atoms with Crippen molar-refractivity contribution in [1.29, 1.82) is 0 Å². The summed E-state index contributed by atoms with van der Waals surface area (Å²) in [4.78, 5) is 12.6. The third-order valence-electron chi connectivity index (χ3n) is 7.43. The van der Waals surface area contributed by atoms with Crippen LogP contribution in [0.3, 0.4) is 0 Å². The molecule has 5 heteroatoms. The molecule has 0 saturated heterocycles. The molecule has 2 saturated carbocycles. The topological polar surface area (TPSA) is 43.6 Å². The third kappa shape index (κ3) is 5.39. The van der Waals surface area contributed by atoms with Crippen molar-refractivity contribution in [1.82, 2.24) is 19.5 Å². The van der Waals surface area contributed by atoms with Gasteiger partial charge in [0.1, 0.15) is 8.07 Å². The SMILES string of the molecule is [2H]c1c([2H])c([2H])c(-c2nc(-c3c([2H])c([2H])c([2H])c([Si](c4c([2H])c([2H])c([2H])c([2H])c4[2H])(C4([2H])C([2H])([2H])C([2H])([2H])C([2H])([2H])C([2H])([2H])C4([2H])[2H])C4([2H])C([2H])([2H])C([2H])([2H])C([2H])([2H])C([2H])([2H])C4([2H])[2H])c3[2H])nc(-n3c4c([2H])c([2H])c([2H])c([2H])c4c4c([2H])c([2H])c([2H])c([2H])c43)n2)c([2H])c1[2H]. The van der Waals surface area contributed by atoms with Crippen LogP contribution < -0.4 is 10.4 Å². The van der Waals surface area contributed by atoms with Crippen LogP contribution in [-0.2, 0) is 0 Å². The highest BCUT2D eigenvalue weighted by Crippen LogP contribution is 2.48. The highest BCUT2D eigenvalue weighted by atomic mass is 28.3. The van der Waals surface area contributed by atoms with E-state index in [0.717, 1.165) is 0 Å². The van der Waals surface area contributed by atoms with Crippen molar-refractivity contribution < 1.29 is 60.3 Å². The summed E-state index contributed by atoms with van der Waals surface area (Å²) in [5.41, 5.74) is -16.2. The van der Waals surface area contributed by atoms with Gasteiger partial charge in [-0.1, -0.05) is 195 Å². The van der Waals surface area contributed by atoms with Crippen LogP contribution in [0.5, 0.6) is 0 Å². The van der Waals surface area contributed by atoms with Crippen LogP contribution in [0, 0.1) is 0 Å². The van der Waals surface area contributed by atoms with E-state index in [9.17, 15) is 32.9 Å². The summed E-state index contributed by atoms with van der Waals surface area (Å²) in [5, 5.41) is -6.33. The molecule has 2 fully saturated rings. The minimum atomic E-state index is -8.92. The Morgan fingerprint density at radius 3 is 1.60 bits per heavy atom. The van der Waals surface area contributed by atoms with Gasteiger partial charge in [0.25, 0.3) is 0 Å². The summed E-state index contributed by atoms with van der Waals surface area (Å²) in [6.07, 6.45) is -51.4. The van der Waals surface area contributed by atoms with Crippen molar-refractivity contribution in [3.63, 3.8) is 0 Å². The smallest absolute Gasteiger partial charge is 0.238 e. The fourth-order valence-electron chi connectivity index (χ4n) is 5.38. The van der Waals surface area contributed by atoms with E-state index < -0.39 is 277 Å². The highest BCUT2D eigenvalue weighted by molar-refractivity contribution is 7.04. The Bertz CT molecular complexity index is 4280. The molecule has 2 aliphatic carbocycles. The Morgan fingerprint density at radius 2 is 1.00 bits per heavy atom. The van der Waals surface area contributed by atoms with Crippen LogP contribution in [0.25, 0.3) is 50.5 Å². The monoisotopic (exact) mass is 713 g/mol. The van der Waals surface area contributed by atoms with Gasteiger partial charge < -0.3 is 0 Å². The first-order valence-electron chi connectivity index (χ1n) is 36.3. The number of fused-ring (bicyclic) bond motifs is 3. The van der Waals surface area contributed by atoms with Gasteiger partial charge >= 0.3 is 0 Å². The molecule has 4 nitrogen and oxygen atoms in total. The number of rotatable bonds is 7. The molecule has 5 aromatic carbocycles. The van der Waals surface area contributed by atoms with E-state index in [4.69, 9.17) is 27.4 Å². The molecule has 0 aliphatic heterocycles. The zero-order valence-corrected chi connectivity index (χ0v) is 25.8. The largest absolute Gasteiger partial charge is 0.278 e. The molecule has 7 aromatic rings. The maximum atomic E-state index is 10.8. The highest BCUT2D eigenvalue weighted by Gasteiger charge is 2.50. The molecule has 0 radical (unpaired) electrons. The van der Waals surface area contributed by atoms with Crippen molar-refractivity contribution in [2.24, 2.45) is 0 Å². The van der Waals surface area contributed by atoms with Gasteiger partial charge in [0, 0.05) is 52.1 Å². The minimum Gasteiger partial charge on any atom is -0.278 e. The molecule has 2 aromatic heterocycles. The third-order valence-corrected chi connectivity index (χ3v) is 11.4. The number of hydrogen-bond acceptors (Lipinski definition) is 3. The Balaban J connectivity index is 1.72. The lowest BCUT2D eigenvalue weighted by atomic mass is 9.99. The van der Waals surface area contributed by atoms with Crippen molar-refractivity contribution in [3.05, 3.63) is 133 Å². The average molecular weight is 713 g/mol. The summed E-state index contributed by atoms with van der Waals surface area (Å²) in [5.74, 6) is -4.34. The normalized spacial score (nSPS) is 40.2. The summed E-state index contributed by atoms with van der Waals surface area (Å²) in [7, 11) is -8.92. The van der Waals surface area contributed by atoms with Gasteiger partial charge in [-0.25, -0.2) is 4.98 Å². The van der Waals surface area contributed by atoms with Gasteiger partial charge in [-0.15, -0.1) is 0 Å². The molecule has 0 spiro atoms. The van der Waals surface area contributed by atoms with Crippen molar-refractivity contribution >= 4 is 40.3 Å². The number of nitrogens with zero attached hydrogens (tertiary/aromatic N) is 4. The van der Waals surface area contributed by atoms with E-state index in [1.807, 2.05) is 0 Å². The quantitative estimate of drug-likeness (QED) is 0.155. The maximum absolute atomic E-state index is 10.8.